The van der Waals surface area contributed by atoms with Gasteiger partial charge in [0.25, 0.3) is 12.4 Å². The summed E-state index contributed by atoms with van der Waals surface area (Å²) in [7, 11) is 0. The highest BCUT2D eigenvalue weighted by molar-refractivity contribution is 5.85. The van der Waals surface area contributed by atoms with Crippen LogP contribution in [0.2, 0.25) is 0 Å². The van der Waals surface area contributed by atoms with E-state index in [4.69, 9.17) is 14.2 Å². The summed E-state index contributed by atoms with van der Waals surface area (Å²) in [5.74, 6) is -0.0476. The molecule has 2 aliphatic rings. The number of carbonyl (C=O) groups excluding carboxylic acids is 2. The summed E-state index contributed by atoms with van der Waals surface area (Å²) in [6, 6.07) is 19.5. The summed E-state index contributed by atoms with van der Waals surface area (Å²) >= 11 is 0. The Labute approximate surface area is 170 Å². The van der Waals surface area contributed by atoms with Crippen molar-refractivity contribution in [1.29, 1.82) is 0 Å². The second-order valence-electron chi connectivity index (χ2n) is 7.46. The fourth-order valence-corrected chi connectivity index (χ4v) is 4.15. The monoisotopic (exact) mass is 395 g/mol. The van der Waals surface area contributed by atoms with Gasteiger partial charge in [0.2, 0.25) is 0 Å². The lowest BCUT2D eigenvalue weighted by Crippen LogP contribution is -2.46. The van der Waals surface area contributed by atoms with Gasteiger partial charge in [0.1, 0.15) is 12.2 Å². The molecule has 29 heavy (non-hydrogen) atoms. The van der Waals surface area contributed by atoms with Gasteiger partial charge >= 0.3 is 0 Å². The van der Waals surface area contributed by atoms with E-state index in [0.29, 0.717) is 39.1 Å². The van der Waals surface area contributed by atoms with Gasteiger partial charge in [-0.3, -0.25) is 9.59 Å². The highest BCUT2D eigenvalue weighted by Gasteiger charge is 2.52. The number of amides is 1. The van der Waals surface area contributed by atoms with E-state index in [2.05, 4.69) is 0 Å². The Morgan fingerprint density at radius 3 is 2.17 bits per heavy atom. The number of nitrogens with zero attached hydrogens (tertiary/aromatic N) is 1. The van der Waals surface area contributed by atoms with Crippen molar-refractivity contribution in [3.63, 3.8) is 0 Å². The Morgan fingerprint density at radius 1 is 0.931 bits per heavy atom. The molecule has 0 aromatic heterocycles. The Balaban J connectivity index is 1.50. The van der Waals surface area contributed by atoms with Crippen LogP contribution in [0.4, 0.5) is 0 Å². The molecule has 2 heterocycles. The second kappa shape index (κ2) is 9.20. The molecule has 0 bridgehead atoms. The van der Waals surface area contributed by atoms with Crippen molar-refractivity contribution in [2.24, 2.45) is 0 Å². The maximum atomic E-state index is 13.1. The van der Waals surface area contributed by atoms with E-state index in [-0.39, 0.29) is 18.1 Å². The Morgan fingerprint density at radius 2 is 1.55 bits per heavy atom. The molecule has 0 aliphatic carbocycles. The number of fused-ring (bicyclic) bond motifs is 1. The topological polar surface area (TPSA) is 65.1 Å². The lowest BCUT2D eigenvalue weighted by Gasteiger charge is -2.35. The van der Waals surface area contributed by atoms with Crippen LogP contribution >= 0.6 is 0 Å². The number of benzene rings is 2. The van der Waals surface area contributed by atoms with Crippen molar-refractivity contribution < 1.29 is 23.8 Å². The maximum Gasteiger partial charge on any atom is 0.293 e. The van der Waals surface area contributed by atoms with Crippen LogP contribution in [0.5, 0.6) is 0 Å². The summed E-state index contributed by atoms with van der Waals surface area (Å²) in [5.41, 5.74) is 2.05. The molecular formula is C23H25NO5. The molecule has 2 aromatic carbocycles. The van der Waals surface area contributed by atoms with E-state index in [9.17, 15) is 9.59 Å². The van der Waals surface area contributed by atoms with Crippen molar-refractivity contribution in [1.82, 2.24) is 4.90 Å². The number of piperidine rings is 1. The molecule has 1 amide bonds. The molecular weight excluding hydrogens is 370 g/mol. The smallest absolute Gasteiger partial charge is 0.293 e. The quantitative estimate of drug-likeness (QED) is 0.643. The van der Waals surface area contributed by atoms with Crippen molar-refractivity contribution >= 4 is 12.4 Å². The average molecular weight is 395 g/mol. The molecule has 0 unspecified atom stereocenters. The number of hydrogen-bond donors (Lipinski definition) is 0. The average Bonchev–Trinajstić information content (AvgIpc) is 3.03. The molecule has 0 saturated carbocycles. The highest BCUT2D eigenvalue weighted by atomic mass is 16.6. The molecule has 2 fully saturated rings. The molecule has 152 valence electrons. The van der Waals surface area contributed by atoms with Gasteiger partial charge in [0.15, 0.2) is 6.10 Å². The molecule has 0 spiro atoms. The Hall–Kier alpha value is -2.70. The van der Waals surface area contributed by atoms with E-state index in [1.165, 1.54) is 0 Å². The van der Waals surface area contributed by atoms with Gasteiger partial charge in [-0.1, -0.05) is 60.7 Å². The summed E-state index contributed by atoms with van der Waals surface area (Å²) in [4.78, 5) is 25.7. The minimum absolute atomic E-state index is 0.0476. The lowest BCUT2D eigenvalue weighted by atomic mass is 9.97. The van der Waals surface area contributed by atoms with E-state index in [1.54, 1.807) is 0 Å². The van der Waals surface area contributed by atoms with Crippen LogP contribution < -0.4 is 0 Å². The van der Waals surface area contributed by atoms with E-state index in [1.807, 2.05) is 65.6 Å². The second-order valence-corrected chi connectivity index (χ2v) is 7.46. The molecule has 4 rings (SSSR count). The Kier molecular flexibility index (Phi) is 6.22. The molecule has 2 saturated heterocycles. The van der Waals surface area contributed by atoms with Crippen LogP contribution in [0.25, 0.3) is 0 Å². The molecule has 0 radical (unpaired) electrons. The summed E-state index contributed by atoms with van der Waals surface area (Å²) in [5, 5.41) is 0. The standard InChI is InChI=1S/C23H25NO5/c25-16-29-19-11-12-24-20(13-19)21(27-14-17-7-3-1-4-8-17)22(23(24)26)28-15-18-9-5-2-6-10-18/h1-10,16,19-22H,11-15H2/t19-,20-,21-,22+/m0/s1. The fraction of sp³-hybridized carbons (Fsp3) is 0.391. The zero-order valence-electron chi connectivity index (χ0n) is 16.2. The molecule has 0 N–H and O–H groups in total. The predicted molar refractivity (Wildman–Crippen MR) is 106 cm³/mol. The van der Waals surface area contributed by atoms with Gasteiger partial charge in [0.05, 0.1) is 19.3 Å². The zero-order chi connectivity index (χ0) is 20.1. The number of carbonyl (C=O) groups is 2. The molecule has 6 heteroatoms. The third-order valence-electron chi connectivity index (χ3n) is 5.61. The van der Waals surface area contributed by atoms with Crippen LogP contribution in [0.3, 0.4) is 0 Å². The normalized spacial score (nSPS) is 26.2. The molecule has 4 atom stereocenters. The third-order valence-corrected chi connectivity index (χ3v) is 5.61. The van der Waals surface area contributed by atoms with Crippen LogP contribution in [0.1, 0.15) is 24.0 Å². The van der Waals surface area contributed by atoms with E-state index in [0.717, 1.165) is 11.1 Å². The van der Waals surface area contributed by atoms with Gasteiger partial charge < -0.3 is 19.1 Å². The zero-order valence-corrected chi connectivity index (χ0v) is 16.2. The van der Waals surface area contributed by atoms with Gasteiger partial charge in [-0.2, -0.15) is 0 Å². The van der Waals surface area contributed by atoms with Crippen LogP contribution in [-0.2, 0) is 37.0 Å². The van der Waals surface area contributed by atoms with Crippen molar-refractivity contribution in [3.8, 4) is 0 Å². The minimum atomic E-state index is -0.668. The maximum absolute atomic E-state index is 13.1. The van der Waals surface area contributed by atoms with E-state index < -0.39 is 12.2 Å². The summed E-state index contributed by atoms with van der Waals surface area (Å²) in [6.45, 7) is 1.77. The summed E-state index contributed by atoms with van der Waals surface area (Å²) in [6.07, 6.45) is -0.0759. The first kappa shape index (κ1) is 19.6. The fourth-order valence-electron chi connectivity index (χ4n) is 4.15. The molecule has 6 nitrogen and oxygen atoms in total. The Bertz CT molecular complexity index is 813. The van der Waals surface area contributed by atoms with Crippen LogP contribution in [0.15, 0.2) is 60.7 Å². The summed E-state index contributed by atoms with van der Waals surface area (Å²) < 4.78 is 17.5. The highest BCUT2D eigenvalue weighted by Crippen LogP contribution is 2.34. The first-order chi connectivity index (χ1) is 14.3. The SMILES string of the molecule is O=CO[C@H]1CCN2C(=O)[C@H](OCc3ccccc3)[C@@H](OCc3ccccc3)[C@@H]2C1. The number of rotatable bonds is 8. The van der Waals surface area contributed by atoms with Crippen LogP contribution in [0, 0.1) is 0 Å². The first-order valence-electron chi connectivity index (χ1n) is 9.97. The lowest BCUT2D eigenvalue weighted by molar-refractivity contribution is -0.143. The van der Waals surface area contributed by atoms with Gasteiger partial charge in [-0.25, -0.2) is 0 Å². The largest absolute Gasteiger partial charge is 0.464 e. The number of ether oxygens (including phenoxy) is 3. The first-order valence-corrected chi connectivity index (χ1v) is 9.97. The van der Waals surface area contributed by atoms with Gasteiger partial charge in [-0.05, 0) is 11.1 Å². The molecule has 2 aliphatic heterocycles. The van der Waals surface area contributed by atoms with Crippen LogP contribution in [-0.4, -0.2) is 48.2 Å². The minimum Gasteiger partial charge on any atom is -0.464 e. The predicted octanol–water partition coefficient (Wildman–Crippen LogP) is 2.70. The van der Waals surface area contributed by atoms with Crippen molar-refractivity contribution in [3.05, 3.63) is 71.8 Å². The van der Waals surface area contributed by atoms with Gasteiger partial charge in [0, 0.05) is 19.4 Å². The van der Waals surface area contributed by atoms with E-state index >= 15 is 0 Å². The van der Waals surface area contributed by atoms with Gasteiger partial charge in [-0.15, -0.1) is 0 Å². The van der Waals surface area contributed by atoms with Crippen molar-refractivity contribution in [2.75, 3.05) is 6.54 Å². The molecule has 2 aromatic rings. The number of hydrogen-bond acceptors (Lipinski definition) is 5. The van der Waals surface area contributed by atoms with Crippen molar-refractivity contribution in [2.45, 2.75) is 50.4 Å². The third kappa shape index (κ3) is 4.49.